The van der Waals surface area contributed by atoms with Crippen molar-refractivity contribution in [2.45, 2.75) is 51.2 Å². The molecule has 1 amide bonds. The number of phenolic OH excluding ortho intramolecular Hbond substituents is 1. The highest BCUT2D eigenvalue weighted by molar-refractivity contribution is 5.83. The highest BCUT2D eigenvalue weighted by atomic mass is 16.5. The molecule has 9 nitrogen and oxygen atoms in total. The molecule has 1 heterocycles. The number of likely N-dealkylation sites (N-methyl/N-ethyl adjacent to an activating group) is 2. The van der Waals surface area contributed by atoms with Gasteiger partial charge in [0.1, 0.15) is 18.1 Å². The summed E-state index contributed by atoms with van der Waals surface area (Å²) in [5, 5.41) is 16.9. The van der Waals surface area contributed by atoms with E-state index in [9.17, 15) is 19.5 Å². The number of aldehydes is 1. The number of aromatic hydroxyl groups is 1. The van der Waals surface area contributed by atoms with Crippen molar-refractivity contribution in [3.8, 4) is 5.75 Å². The molecule has 1 aliphatic rings. The predicted octanol–water partition coefficient (Wildman–Crippen LogP) is 0.621. The highest BCUT2D eigenvalue weighted by Gasteiger charge is 2.31. The summed E-state index contributed by atoms with van der Waals surface area (Å²) >= 11 is 0. The number of nitrogens with zero attached hydrogens (tertiary/aromatic N) is 1. The molecule has 1 aromatic rings. The Bertz CT molecular complexity index is 713. The minimum Gasteiger partial charge on any atom is -0.508 e. The van der Waals surface area contributed by atoms with E-state index >= 15 is 0 Å². The van der Waals surface area contributed by atoms with Crippen LogP contribution in [0.2, 0.25) is 0 Å². The third-order valence-corrected chi connectivity index (χ3v) is 5.13. The third kappa shape index (κ3) is 8.64. The Morgan fingerprint density at radius 3 is 2.52 bits per heavy atom. The van der Waals surface area contributed by atoms with E-state index in [0.29, 0.717) is 25.3 Å². The van der Waals surface area contributed by atoms with Gasteiger partial charge in [-0.05, 0) is 57.0 Å². The minimum absolute atomic E-state index is 0.0231. The first-order valence-electron chi connectivity index (χ1n) is 10.5. The molecule has 174 valence electrons. The second kappa shape index (κ2) is 13.7. The summed E-state index contributed by atoms with van der Waals surface area (Å²) in [5.74, 6) is 0.0742. The lowest BCUT2D eigenvalue weighted by Crippen LogP contribution is -2.59. The molecule has 0 saturated carbocycles. The normalized spacial score (nSPS) is 17.9. The van der Waals surface area contributed by atoms with E-state index in [-0.39, 0.29) is 23.7 Å². The number of ether oxygens (including phenoxy) is 1. The van der Waals surface area contributed by atoms with Crippen molar-refractivity contribution < 1.29 is 24.2 Å². The number of amides is 1. The lowest BCUT2D eigenvalue weighted by atomic mass is 10.0. The molecule has 0 aliphatic carbocycles. The molecule has 1 saturated heterocycles. The molecular formula is C22H36N4O5. The van der Waals surface area contributed by atoms with E-state index in [1.807, 2.05) is 19.9 Å². The fourth-order valence-corrected chi connectivity index (χ4v) is 3.24. The topological polar surface area (TPSA) is 120 Å². The zero-order chi connectivity index (χ0) is 23.4. The number of hydrazine groups is 1. The number of hydrogen-bond donors (Lipinski definition) is 4. The van der Waals surface area contributed by atoms with Crippen LogP contribution in [0.1, 0.15) is 32.3 Å². The van der Waals surface area contributed by atoms with Crippen LogP contribution >= 0.6 is 0 Å². The fraction of sp³-hybridized carbons (Fsp3) is 0.591. The summed E-state index contributed by atoms with van der Waals surface area (Å²) in [6.07, 6.45) is 2.77. The lowest BCUT2D eigenvalue weighted by Gasteiger charge is -2.34. The van der Waals surface area contributed by atoms with Crippen molar-refractivity contribution in [1.82, 2.24) is 21.1 Å². The summed E-state index contributed by atoms with van der Waals surface area (Å²) in [4.78, 5) is 34.4. The largest absolute Gasteiger partial charge is 0.508 e. The fourth-order valence-electron chi connectivity index (χ4n) is 3.24. The maximum Gasteiger partial charge on any atom is 0.324 e. The summed E-state index contributed by atoms with van der Waals surface area (Å²) in [6, 6.07) is 5.92. The van der Waals surface area contributed by atoms with Crippen LogP contribution in [-0.2, 0) is 25.5 Å². The molecule has 2 rings (SSSR count). The first-order valence-corrected chi connectivity index (χ1v) is 10.5. The van der Waals surface area contributed by atoms with Crippen molar-refractivity contribution in [2.75, 3.05) is 27.7 Å². The van der Waals surface area contributed by atoms with Crippen LogP contribution in [0.25, 0.3) is 0 Å². The van der Waals surface area contributed by atoms with E-state index in [2.05, 4.69) is 16.1 Å². The highest BCUT2D eigenvalue weighted by Crippen LogP contribution is 2.15. The number of phenols is 1. The SMILES string of the molecule is CNC(C=O)C(C)C.CNC(Cc1cccc(O)c1)C(=O)N1CCCC(C(=O)OC)N1. The Morgan fingerprint density at radius 2 is 2.03 bits per heavy atom. The van der Waals surface area contributed by atoms with Crippen LogP contribution in [0.3, 0.4) is 0 Å². The van der Waals surface area contributed by atoms with E-state index in [4.69, 9.17) is 4.74 Å². The molecule has 1 fully saturated rings. The van der Waals surface area contributed by atoms with Gasteiger partial charge in [-0.2, -0.15) is 0 Å². The minimum atomic E-state index is -0.490. The monoisotopic (exact) mass is 436 g/mol. The second-order valence-electron chi connectivity index (χ2n) is 7.75. The van der Waals surface area contributed by atoms with Gasteiger partial charge in [-0.1, -0.05) is 26.0 Å². The van der Waals surface area contributed by atoms with Gasteiger partial charge in [0.25, 0.3) is 5.91 Å². The van der Waals surface area contributed by atoms with Gasteiger partial charge < -0.3 is 25.3 Å². The van der Waals surface area contributed by atoms with E-state index in [1.165, 1.54) is 12.1 Å². The molecule has 0 bridgehead atoms. The Hall–Kier alpha value is -2.49. The number of carbonyl (C=O) groups excluding carboxylic acids is 3. The summed E-state index contributed by atoms with van der Waals surface area (Å²) < 4.78 is 4.73. The Labute approximate surface area is 184 Å². The van der Waals surface area contributed by atoms with Crippen LogP contribution in [0, 0.1) is 5.92 Å². The van der Waals surface area contributed by atoms with Crippen LogP contribution in [-0.4, -0.2) is 74.2 Å². The predicted molar refractivity (Wildman–Crippen MR) is 118 cm³/mol. The van der Waals surface area contributed by atoms with Gasteiger partial charge in [-0.3, -0.25) is 14.6 Å². The van der Waals surface area contributed by atoms with Gasteiger partial charge in [-0.25, -0.2) is 5.43 Å². The summed E-state index contributed by atoms with van der Waals surface area (Å²) in [7, 11) is 4.84. The van der Waals surface area contributed by atoms with Crippen LogP contribution in [0.15, 0.2) is 24.3 Å². The first kappa shape index (κ1) is 26.5. The van der Waals surface area contributed by atoms with Crippen LogP contribution in [0.4, 0.5) is 0 Å². The molecule has 9 heteroatoms. The molecule has 4 N–H and O–H groups in total. The van der Waals surface area contributed by atoms with E-state index in [1.54, 1.807) is 32.3 Å². The summed E-state index contributed by atoms with van der Waals surface area (Å²) in [5.41, 5.74) is 3.80. The number of rotatable bonds is 8. The lowest BCUT2D eigenvalue weighted by molar-refractivity contribution is -0.150. The zero-order valence-corrected chi connectivity index (χ0v) is 19.1. The Morgan fingerprint density at radius 1 is 1.32 bits per heavy atom. The number of esters is 1. The van der Waals surface area contributed by atoms with Gasteiger partial charge in [0, 0.05) is 6.54 Å². The van der Waals surface area contributed by atoms with Gasteiger partial charge in [0.2, 0.25) is 0 Å². The standard InChI is InChI=1S/C16H23N3O4.C6H13NO/c1-17-14(10-11-5-3-6-12(20)9-11)15(21)19-8-4-7-13(18-19)16(22)23-2;1-5(2)6(4-8)7-3/h3,5-6,9,13-14,17-18,20H,4,7-8,10H2,1-2H3;4-7H,1-3H3. The maximum absolute atomic E-state index is 12.7. The molecular weight excluding hydrogens is 400 g/mol. The van der Waals surface area contributed by atoms with E-state index < -0.39 is 12.1 Å². The molecule has 0 spiro atoms. The molecule has 3 unspecified atom stereocenters. The van der Waals surface area contributed by atoms with Gasteiger partial charge in [-0.15, -0.1) is 0 Å². The molecule has 0 aromatic heterocycles. The average Bonchev–Trinajstić information content (AvgIpc) is 2.77. The number of carbonyl (C=O) groups is 3. The van der Waals surface area contributed by atoms with Crippen LogP contribution in [0.5, 0.6) is 5.75 Å². The zero-order valence-electron chi connectivity index (χ0n) is 19.1. The molecule has 3 atom stereocenters. The number of nitrogens with one attached hydrogen (secondary N) is 3. The quantitative estimate of drug-likeness (QED) is 0.346. The molecule has 0 radical (unpaired) electrons. The molecule has 31 heavy (non-hydrogen) atoms. The first-order chi connectivity index (χ1) is 14.8. The average molecular weight is 437 g/mol. The van der Waals surface area contributed by atoms with Crippen molar-refractivity contribution in [1.29, 1.82) is 0 Å². The smallest absolute Gasteiger partial charge is 0.324 e. The van der Waals surface area contributed by atoms with Crippen molar-refractivity contribution in [3.63, 3.8) is 0 Å². The Kier molecular flexibility index (Phi) is 11.8. The van der Waals surface area contributed by atoms with Crippen molar-refractivity contribution in [3.05, 3.63) is 29.8 Å². The third-order valence-electron chi connectivity index (χ3n) is 5.13. The van der Waals surface area contributed by atoms with E-state index in [0.717, 1.165) is 18.3 Å². The number of methoxy groups -OCH3 is 1. The number of benzene rings is 1. The molecule has 1 aliphatic heterocycles. The Balaban J connectivity index is 0.000000512. The van der Waals surface area contributed by atoms with Gasteiger partial charge in [0.15, 0.2) is 0 Å². The molecule has 1 aromatic carbocycles. The maximum atomic E-state index is 12.7. The second-order valence-corrected chi connectivity index (χ2v) is 7.75. The van der Waals surface area contributed by atoms with Crippen molar-refractivity contribution >= 4 is 18.2 Å². The van der Waals surface area contributed by atoms with Crippen LogP contribution < -0.4 is 16.1 Å². The van der Waals surface area contributed by atoms with Crippen molar-refractivity contribution in [2.24, 2.45) is 5.92 Å². The summed E-state index contributed by atoms with van der Waals surface area (Å²) in [6.45, 7) is 4.57. The number of hydrogen-bond acceptors (Lipinski definition) is 8. The van der Waals surface area contributed by atoms with Gasteiger partial charge in [0.05, 0.1) is 19.2 Å². The van der Waals surface area contributed by atoms with Gasteiger partial charge >= 0.3 is 5.97 Å².